The van der Waals surface area contributed by atoms with E-state index in [4.69, 9.17) is 0 Å². The average molecular weight is 252 g/mol. The van der Waals surface area contributed by atoms with Gasteiger partial charge in [0.2, 0.25) is 5.78 Å². The van der Waals surface area contributed by atoms with Crippen LogP contribution in [0.4, 0.5) is 26.3 Å². The molecule has 16 heavy (non-hydrogen) atoms. The number of rotatable bonds is 2. The third-order valence-corrected chi connectivity index (χ3v) is 1.93. The normalized spacial score (nSPS) is 34.1. The van der Waals surface area contributed by atoms with Gasteiger partial charge >= 0.3 is 12.5 Å². The molecule has 1 aliphatic heterocycles. The van der Waals surface area contributed by atoms with Gasteiger partial charge in [-0.15, -0.1) is 8.78 Å². The molecular formula is C7H6F6O3. The maximum Gasteiger partial charge on any atom is 0.488 e. The minimum atomic E-state index is -5.31. The number of halogens is 6. The quantitative estimate of drug-likeness (QED) is 0.706. The van der Waals surface area contributed by atoms with Crippen molar-refractivity contribution in [2.75, 3.05) is 0 Å². The molecule has 0 aromatic carbocycles. The van der Waals surface area contributed by atoms with E-state index in [0.29, 0.717) is 0 Å². The highest BCUT2D eigenvalue weighted by atomic mass is 19.4. The minimum Gasteiger partial charge on any atom is -0.289 e. The highest BCUT2D eigenvalue weighted by Gasteiger charge is 2.61. The van der Waals surface area contributed by atoms with Gasteiger partial charge in [0.25, 0.3) is 5.85 Å². The van der Waals surface area contributed by atoms with Gasteiger partial charge in [0.15, 0.2) is 0 Å². The number of hydrogen-bond donors (Lipinski definition) is 0. The Kier molecular flexibility index (Phi) is 2.97. The highest BCUT2D eigenvalue weighted by molar-refractivity contribution is 5.84. The van der Waals surface area contributed by atoms with Gasteiger partial charge in [0.1, 0.15) is 6.10 Å². The lowest BCUT2D eigenvalue weighted by atomic mass is 10.1. The van der Waals surface area contributed by atoms with Crippen molar-refractivity contribution in [1.82, 2.24) is 0 Å². The summed E-state index contributed by atoms with van der Waals surface area (Å²) in [5.41, 5.74) is 0. The minimum absolute atomic E-state index is 0.741. The lowest BCUT2D eigenvalue weighted by Gasteiger charge is -2.20. The van der Waals surface area contributed by atoms with Gasteiger partial charge in [0.05, 0.1) is 6.42 Å². The van der Waals surface area contributed by atoms with Crippen LogP contribution in [0.1, 0.15) is 13.3 Å². The molecule has 0 spiro atoms. The van der Waals surface area contributed by atoms with Gasteiger partial charge in [-0.05, 0) is 6.92 Å². The largest absolute Gasteiger partial charge is 0.488 e. The van der Waals surface area contributed by atoms with Crippen molar-refractivity contribution in [3.8, 4) is 0 Å². The molecule has 0 aromatic rings. The first-order valence-corrected chi connectivity index (χ1v) is 4.01. The number of hydrogen-bond acceptors (Lipinski definition) is 3. The fourth-order valence-electron chi connectivity index (χ4n) is 1.10. The number of ketones is 1. The number of alkyl halides is 6. The van der Waals surface area contributed by atoms with E-state index in [2.05, 4.69) is 9.47 Å². The lowest BCUT2D eigenvalue weighted by molar-refractivity contribution is -0.368. The molecule has 0 bridgehead atoms. The van der Waals surface area contributed by atoms with Crippen LogP contribution in [-0.2, 0) is 14.3 Å². The third-order valence-electron chi connectivity index (χ3n) is 1.93. The standard InChI is InChI=1S/C7H6F6O3/c1-3-5(8,16-7(12,13)15-3)2-4(14)6(9,10)11/h3H,2H2,1H3. The van der Waals surface area contributed by atoms with Crippen molar-refractivity contribution in [1.29, 1.82) is 0 Å². The second kappa shape index (κ2) is 3.59. The fourth-order valence-corrected chi connectivity index (χ4v) is 1.10. The molecule has 0 N–H and O–H groups in total. The maximum atomic E-state index is 13.4. The van der Waals surface area contributed by atoms with E-state index in [1.807, 2.05) is 0 Å². The average Bonchev–Trinajstić information content (AvgIpc) is 2.17. The molecule has 1 saturated heterocycles. The van der Waals surface area contributed by atoms with Crippen LogP contribution in [-0.4, -0.2) is 30.2 Å². The summed E-state index contributed by atoms with van der Waals surface area (Å²) in [6.45, 7) is 0.741. The summed E-state index contributed by atoms with van der Waals surface area (Å²) in [7, 11) is 0. The van der Waals surface area contributed by atoms with Crippen LogP contribution in [0, 0.1) is 0 Å². The zero-order valence-corrected chi connectivity index (χ0v) is 7.78. The van der Waals surface area contributed by atoms with E-state index in [1.165, 1.54) is 0 Å². The Morgan fingerprint density at radius 2 is 1.81 bits per heavy atom. The van der Waals surface area contributed by atoms with Crippen molar-refractivity contribution in [3.05, 3.63) is 0 Å². The third kappa shape index (κ3) is 2.64. The number of carbonyl (C=O) groups is 1. The molecule has 1 aliphatic rings. The molecule has 0 aliphatic carbocycles. The zero-order chi connectivity index (χ0) is 12.8. The molecule has 2 unspecified atom stereocenters. The molecule has 0 amide bonds. The Hall–Kier alpha value is -0.830. The van der Waals surface area contributed by atoms with Crippen molar-refractivity contribution in [3.63, 3.8) is 0 Å². The van der Waals surface area contributed by atoms with Crippen LogP contribution in [0.15, 0.2) is 0 Å². The molecule has 1 fully saturated rings. The number of ether oxygens (including phenoxy) is 2. The maximum absolute atomic E-state index is 13.4. The molecule has 1 rings (SSSR count). The van der Waals surface area contributed by atoms with Crippen LogP contribution < -0.4 is 0 Å². The molecule has 94 valence electrons. The summed E-state index contributed by atoms with van der Waals surface area (Å²) >= 11 is 0. The van der Waals surface area contributed by atoms with E-state index < -0.39 is 36.6 Å². The predicted octanol–water partition coefficient (Wildman–Crippen LogP) is 2.16. The van der Waals surface area contributed by atoms with Gasteiger partial charge in [-0.25, -0.2) is 4.39 Å². The second-order valence-corrected chi connectivity index (χ2v) is 3.21. The predicted molar refractivity (Wildman–Crippen MR) is 36.1 cm³/mol. The first-order chi connectivity index (χ1) is 6.96. The highest BCUT2D eigenvalue weighted by Crippen LogP contribution is 2.42. The zero-order valence-electron chi connectivity index (χ0n) is 7.78. The van der Waals surface area contributed by atoms with Crippen LogP contribution in [0.2, 0.25) is 0 Å². The van der Waals surface area contributed by atoms with Crippen LogP contribution >= 0.6 is 0 Å². The van der Waals surface area contributed by atoms with E-state index in [1.54, 1.807) is 0 Å². The molecule has 0 saturated carbocycles. The Morgan fingerprint density at radius 1 is 1.31 bits per heavy atom. The molecule has 2 atom stereocenters. The summed E-state index contributed by atoms with van der Waals surface area (Å²) in [5, 5.41) is 0. The molecular weight excluding hydrogens is 246 g/mol. The lowest BCUT2D eigenvalue weighted by Crippen LogP contribution is -2.39. The van der Waals surface area contributed by atoms with Crippen LogP contribution in [0.25, 0.3) is 0 Å². The molecule has 3 nitrogen and oxygen atoms in total. The molecule has 0 aromatic heterocycles. The monoisotopic (exact) mass is 252 g/mol. The topological polar surface area (TPSA) is 35.5 Å². The summed E-state index contributed by atoms with van der Waals surface area (Å²) in [6, 6.07) is 0. The van der Waals surface area contributed by atoms with Crippen molar-refractivity contribution < 1.29 is 40.6 Å². The first kappa shape index (κ1) is 13.2. The Bertz CT molecular complexity index is 301. The molecule has 0 radical (unpaired) electrons. The Labute approximate surface area is 85.3 Å². The van der Waals surface area contributed by atoms with E-state index in [0.717, 1.165) is 6.92 Å². The first-order valence-electron chi connectivity index (χ1n) is 4.01. The van der Waals surface area contributed by atoms with Crippen molar-refractivity contribution >= 4 is 5.78 Å². The summed E-state index contributed by atoms with van der Waals surface area (Å²) in [6.07, 6.45) is -13.5. The summed E-state index contributed by atoms with van der Waals surface area (Å²) in [5.74, 6) is -5.97. The summed E-state index contributed by atoms with van der Waals surface area (Å²) in [4.78, 5) is 10.4. The van der Waals surface area contributed by atoms with E-state index in [-0.39, 0.29) is 0 Å². The van der Waals surface area contributed by atoms with Gasteiger partial charge in [0, 0.05) is 0 Å². The molecule has 9 heteroatoms. The van der Waals surface area contributed by atoms with Crippen LogP contribution in [0.3, 0.4) is 0 Å². The van der Waals surface area contributed by atoms with Gasteiger partial charge < -0.3 is 0 Å². The Balaban J connectivity index is 2.78. The Morgan fingerprint density at radius 3 is 2.12 bits per heavy atom. The SMILES string of the molecule is CC1OC(F)(F)OC1(F)CC(=O)C(F)(F)F. The number of carbonyl (C=O) groups excluding carboxylic acids is 1. The van der Waals surface area contributed by atoms with Gasteiger partial charge in [-0.2, -0.15) is 13.2 Å². The van der Waals surface area contributed by atoms with Crippen molar-refractivity contribution in [2.45, 2.75) is 37.8 Å². The smallest absolute Gasteiger partial charge is 0.289 e. The summed E-state index contributed by atoms with van der Waals surface area (Å²) < 4.78 is 80.5. The van der Waals surface area contributed by atoms with Crippen molar-refractivity contribution in [2.24, 2.45) is 0 Å². The van der Waals surface area contributed by atoms with Gasteiger partial charge in [-0.3, -0.25) is 14.3 Å². The van der Waals surface area contributed by atoms with E-state index in [9.17, 15) is 31.1 Å². The second-order valence-electron chi connectivity index (χ2n) is 3.21. The van der Waals surface area contributed by atoms with E-state index >= 15 is 0 Å². The number of Topliss-reactive ketones (excluding diaryl/α,β-unsaturated/α-hetero) is 1. The fraction of sp³-hybridized carbons (Fsp3) is 0.857. The van der Waals surface area contributed by atoms with Crippen LogP contribution in [0.5, 0.6) is 0 Å². The van der Waals surface area contributed by atoms with Gasteiger partial charge in [-0.1, -0.05) is 0 Å². The molecule has 1 heterocycles.